The molecule has 100 valence electrons. The zero-order chi connectivity index (χ0) is 13.8. The molecule has 0 aliphatic heterocycles. The van der Waals surface area contributed by atoms with Crippen molar-refractivity contribution < 1.29 is 4.74 Å². The summed E-state index contributed by atoms with van der Waals surface area (Å²) in [5.74, 6) is 0.673. The summed E-state index contributed by atoms with van der Waals surface area (Å²) in [7, 11) is 1.64. The minimum Gasteiger partial charge on any atom is -0.380 e. The van der Waals surface area contributed by atoms with Crippen molar-refractivity contribution in [3.8, 4) is 11.3 Å². The van der Waals surface area contributed by atoms with E-state index < -0.39 is 0 Å². The molecule has 0 aromatic carbocycles. The molecule has 0 fully saturated rings. The van der Waals surface area contributed by atoms with Crippen LogP contribution in [0.2, 0.25) is 0 Å². The zero-order valence-corrected chi connectivity index (χ0v) is 11.4. The molecule has 0 atom stereocenters. The third kappa shape index (κ3) is 3.06. The van der Waals surface area contributed by atoms with E-state index in [1.54, 1.807) is 13.3 Å². The van der Waals surface area contributed by atoms with Gasteiger partial charge in [0.2, 0.25) is 0 Å². The molecule has 1 N–H and O–H groups in total. The van der Waals surface area contributed by atoms with Gasteiger partial charge in [-0.2, -0.15) is 0 Å². The second-order valence-corrected chi connectivity index (χ2v) is 4.35. The number of nitrogens with zero attached hydrogens (tertiary/aromatic N) is 2. The summed E-state index contributed by atoms with van der Waals surface area (Å²) in [5.41, 5.74) is 3.23. The number of aromatic nitrogens is 3. The van der Waals surface area contributed by atoms with E-state index in [0.29, 0.717) is 24.5 Å². The predicted octanol–water partition coefficient (Wildman–Crippen LogP) is 1.85. The van der Waals surface area contributed by atoms with E-state index in [1.807, 2.05) is 19.9 Å². The standard InChI is InChI=1S/C14H17N3O2/c1-4-13-16-12(6-14(18)17-13)11-7-15-9(2)5-10(11)8-19-3/h5-7H,4,8H2,1-3H3,(H,16,17,18). The van der Waals surface area contributed by atoms with Crippen molar-refractivity contribution in [2.24, 2.45) is 0 Å². The summed E-state index contributed by atoms with van der Waals surface area (Å²) < 4.78 is 5.19. The molecule has 0 saturated carbocycles. The van der Waals surface area contributed by atoms with Crippen molar-refractivity contribution in [1.29, 1.82) is 0 Å². The van der Waals surface area contributed by atoms with Crippen molar-refractivity contribution in [3.63, 3.8) is 0 Å². The fourth-order valence-electron chi connectivity index (χ4n) is 1.94. The van der Waals surface area contributed by atoms with Crippen LogP contribution in [-0.2, 0) is 17.8 Å². The Morgan fingerprint density at radius 3 is 2.84 bits per heavy atom. The van der Waals surface area contributed by atoms with Crippen LogP contribution in [0, 0.1) is 6.92 Å². The van der Waals surface area contributed by atoms with Crippen LogP contribution >= 0.6 is 0 Å². The minimum absolute atomic E-state index is 0.147. The first-order valence-corrected chi connectivity index (χ1v) is 6.19. The molecule has 5 heteroatoms. The van der Waals surface area contributed by atoms with Crippen molar-refractivity contribution in [2.75, 3.05) is 7.11 Å². The molecule has 5 nitrogen and oxygen atoms in total. The Balaban J connectivity index is 2.57. The number of H-pyrrole nitrogens is 1. The third-order valence-corrected chi connectivity index (χ3v) is 2.83. The topological polar surface area (TPSA) is 67.9 Å². The van der Waals surface area contributed by atoms with Gasteiger partial charge in [-0.3, -0.25) is 9.78 Å². The zero-order valence-electron chi connectivity index (χ0n) is 11.4. The molecule has 2 rings (SSSR count). The highest BCUT2D eigenvalue weighted by molar-refractivity contribution is 5.62. The number of hydrogen-bond donors (Lipinski definition) is 1. The molecule has 2 aromatic rings. The summed E-state index contributed by atoms with van der Waals surface area (Å²) in [6.45, 7) is 4.34. The Morgan fingerprint density at radius 2 is 2.16 bits per heavy atom. The summed E-state index contributed by atoms with van der Waals surface area (Å²) >= 11 is 0. The van der Waals surface area contributed by atoms with E-state index in [4.69, 9.17) is 4.74 Å². The molecule has 0 radical (unpaired) electrons. The molecular weight excluding hydrogens is 242 g/mol. The van der Waals surface area contributed by atoms with Gasteiger partial charge in [-0.05, 0) is 18.6 Å². The molecule has 0 aliphatic rings. The van der Waals surface area contributed by atoms with Crippen molar-refractivity contribution >= 4 is 0 Å². The Bertz CT molecular complexity index is 635. The average Bonchev–Trinajstić information content (AvgIpc) is 2.38. The fraction of sp³-hybridized carbons (Fsp3) is 0.357. The Kier molecular flexibility index (Phi) is 4.06. The lowest BCUT2D eigenvalue weighted by Crippen LogP contribution is -2.11. The molecule has 0 aliphatic carbocycles. The van der Waals surface area contributed by atoms with Gasteiger partial charge >= 0.3 is 0 Å². The molecule has 0 bridgehead atoms. The van der Waals surface area contributed by atoms with Crippen LogP contribution in [0.3, 0.4) is 0 Å². The Labute approximate surface area is 111 Å². The normalized spacial score (nSPS) is 10.7. The second kappa shape index (κ2) is 5.75. The smallest absolute Gasteiger partial charge is 0.251 e. The highest BCUT2D eigenvalue weighted by Crippen LogP contribution is 2.21. The van der Waals surface area contributed by atoms with E-state index in [-0.39, 0.29) is 5.56 Å². The second-order valence-electron chi connectivity index (χ2n) is 4.35. The molecule has 19 heavy (non-hydrogen) atoms. The quantitative estimate of drug-likeness (QED) is 0.909. The summed E-state index contributed by atoms with van der Waals surface area (Å²) in [5, 5.41) is 0. The van der Waals surface area contributed by atoms with Crippen molar-refractivity contribution in [2.45, 2.75) is 26.9 Å². The van der Waals surface area contributed by atoms with Crippen LogP contribution in [0.1, 0.15) is 24.0 Å². The molecule has 0 unspecified atom stereocenters. The first-order valence-electron chi connectivity index (χ1n) is 6.19. The molecule has 2 heterocycles. The summed E-state index contributed by atoms with van der Waals surface area (Å²) in [6.07, 6.45) is 2.42. The highest BCUT2D eigenvalue weighted by atomic mass is 16.5. The van der Waals surface area contributed by atoms with E-state index in [9.17, 15) is 4.79 Å². The number of hydrogen-bond acceptors (Lipinski definition) is 4. The molecule has 0 amide bonds. The minimum atomic E-state index is -0.147. The molecule has 2 aromatic heterocycles. The maximum Gasteiger partial charge on any atom is 0.251 e. The van der Waals surface area contributed by atoms with Gasteiger partial charge in [0.05, 0.1) is 12.3 Å². The van der Waals surface area contributed by atoms with E-state index >= 15 is 0 Å². The fourth-order valence-corrected chi connectivity index (χ4v) is 1.94. The maximum atomic E-state index is 11.6. The van der Waals surface area contributed by atoms with Crippen LogP contribution < -0.4 is 5.56 Å². The summed E-state index contributed by atoms with van der Waals surface area (Å²) in [6, 6.07) is 3.44. The third-order valence-electron chi connectivity index (χ3n) is 2.83. The monoisotopic (exact) mass is 259 g/mol. The van der Waals surface area contributed by atoms with E-state index in [2.05, 4.69) is 15.0 Å². The van der Waals surface area contributed by atoms with Crippen LogP contribution in [0.15, 0.2) is 23.1 Å². The number of aromatic amines is 1. The predicted molar refractivity (Wildman–Crippen MR) is 72.9 cm³/mol. The summed E-state index contributed by atoms with van der Waals surface area (Å²) in [4.78, 5) is 23.1. The van der Waals surface area contributed by atoms with Gasteiger partial charge in [0, 0.05) is 37.1 Å². The lowest BCUT2D eigenvalue weighted by atomic mass is 10.1. The van der Waals surface area contributed by atoms with Gasteiger partial charge in [0.25, 0.3) is 5.56 Å². The van der Waals surface area contributed by atoms with E-state index in [0.717, 1.165) is 16.8 Å². The van der Waals surface area contributed by atoms with E-state index in [1.165, 1.54) is 6.07 Å². The van der Waals surface area contributed by atoms with Crippen molar-refractivity contribution in [1.82, 2.24) is 15.0 Å². The Hall–Kier alpha value is -2.01. The van der Waals surface area contributed by atoms with Gasteiger partial charge in [0.1, 0.15) is 5.82 Å². The number of pyridine rings is 1. The van der Waals surface area contributed by atoms with Crippen molar-refractivity contribution in [3.05, 3.63) is 45.8 Å². The molecule has 0 spiro atoms. The number of ether oxygens (including phenoxy) is 1. The average molecular weight is 259 g/mol. The van der Waals surface area contributed by atoms with Gasteiger partial charge < -0.3 is 9.72 Å². The maximum absolute atomic E-state index is 11.6. The first-order chi connectivity index (χ1) is 9.13. The van der Waals surface area contributed by atoms with Crippen LogP contribution in [0.25, 0.3) is 11.3 Å². The van der Waals surface area contributed by atoms with Gasteiger partial charge in [-0.1, -0.05) is 6.92 Å². The number of rotatable bonds is 4. The number of methoxy groups -OCH3 is 1. The SMILES string of the molecule is CCc1nc(-c2cnc(C)cc2COC)cc(=O)[nH]1. The molecule has 0 saturated heterocycles. The lowest BCUT2D eigenvalue weighted by molar-refractivity contribution is 0.185. The lowest BCUT2D eigenvalue weighted by Gasteiger charge is -2.09. The van der Waals surface area contributed by atoms with Gasteiger partial charge in [-0.25, -0.2) is 4.98 Å². The van der Waals surface area contributed by atoms with Crippen LogP contribution in [-0.4, -0.2) is 22.1 Å². The number of nitrogens with one attached hydrogen (secondary N) is 1. The first kappa shape index (κ1) is 13.4. The largest absolute Gasteiger partial charge is 0.380 e. The van der Waals surface area contributed by atoms with Crippen LogP contribution in [0.4, 0.5) is 0 Å². The van der Waals surface area contributed by atoms with Gasteiger partial charge in [-0.15, -0.1) is 0 Å². The number of aryl methyl sites for hydroxylation is 2. The van der Waals surface area contributed by atoms with Crippen LogP contribution in [0.5, 0.6) is 0 Å². The Morgan fingerprint density at radius 1 is 1.37 bits per heavy atom. The highest BCUT2D eigenvalue weighted by Gasteiger charge is 2.09. The molecular formula is C14H17N3O2. The van der Waals surface area contributed by atoms with Gasteiger partial charge in [0.15, 0.2) is 0 Å².